The van der Waals surface area contributed by atoms with Gasteiger partial charge in [-0.1, -0.05) is 13.3 Å². The number of aryl methyl sites for hydroxylation is 1. The van der Waals surface area contributed by atoms with Gasteiger partial charge in [-0.3, -0.25) is 5.43 Å². The molecule has 22 heavy (non-hydrogen) atoms. The lowest BCUT2D eigenvalue weighted by molar-refractivity contribution is -0.137. The van der Waals surface area contributed by atoms with Gasteiger partial charge in [0, 0.05) is 9.75 Å². The van der Waals surface area contributed by atoms with Crippen LogP contribution in [0.2, 0.25) is 0 Å². The van der Waals surface area contributed by atoms with Crippen LogP contribution in [0.15, 0.2) is 41.5 Å². The number of anilines is 1. The third kappa shape index (κ3) is 4.87. The van der Waals surface area contributed by atoms with Crippen molar-refractivity contribution >= 4 is 23.2 Å². The monoisotopic (exact) mass is 326 g/mol. The van der Waals surface area contributed by atoms with E-state index < -0.39 is 11.7 Å². The van der Waals surface area contributed by atoms with Gasteiger partial charge in [0.15, 0.2) is 0 Å². The van der Waals surface area contributed by atoms with E-state index in [9.17, 15) is 13.2 Å². The molecule has 0 saturated heterocycles. The van der Waals surface area contributed by atoms with Crippen molar-refractivity contribution in [2.24, 2.45) is 5.10 Å². The molecule has 0 aliphatic carbocycles. The summed E-state index contributed by atoms with van der Waals surface area (Å²) in [6.45, 7) is 2.16. The van der Waals surface area contributed by atoms with Crippen molar-refractivity contribution in [1.29, 1.82) is 0 Å². The third-order valence-electron chi connectivity index (χ3n) is 3.06. The Morgan fingerprint density at radius 1 is 1.14 bits per heavy atom. The molecule has 0 fully saturated rings. The minimum absolute atomic E-state index is 0.520. The quantitative estimate of drug-likeness (QED) is 0.546. The summed E-state index contributed by atoms with van der Waals surface area (Å²) in [5.74, 6) is 0. The van der Waals surface area contributed by atoms with Crippen molar-refractivity contribution in [3.8, 4) is 0 Å². The first kappa shape index (κ1) is 16.5. The normalized spacial score (nSPS) is 12.0. The van der Waals surface area contributed by atoms with Gasteiger partial charge in [-0.05, 0) is 49.2 Å². The fraction of sp³-hybridized carbons (Fsp3) is 0.312. The first-order chi connectivity index (χ1) is 10.5. The van der Waals surface area contributed by atoms with Gasteiger partial charge in [-0.2, -0.15) is 18.3 Å². The number of thiophene rings is 1. The maximum absolute atomic E-state index is 12.4. The van der Waals surface area contributed by atoms with Gasteiger partial charge >= 0.3 is 6.18 Å². The van der Waals surface area contributed by atoms with Crippen molar-refractivity contribution in [3.63, 3.8) is 0 Å². The van der Waals surface area contributed by atoms with Crippen LogP contribution >= 0.6 is 11.3 Å². The summed E-state index contributed by atoms with van der Waals surface area (Å²) in [6.07, 6.45) is 0.768. The van der Waals surface area contributed by atoms with Gasteiger partial charge < -0.3 is 0 Å². The first-order valence-corrected chi connectivity index (χ1v) is 7.85. The zero-order valence-electron chi connectivity index (χ0n) is 12.2. The SMILES string of the molecule is CCCCc1ccc(/C=N/Nc2ccc(C(F)(F)F)cc2)s1. The Hall–Kier alpha value is -1.82. The van der Waals surface area contributed by atoms with Crippen LogP contribution < -0.4 is 5.43 Å². The highest BCUT2D eigenvalue weighted by Gasteiger charge is 2.29. The van der Waals surface area contributed by atoms with Crippen LogP contribution in [0, 0.1) is 0 Å². The van der Waals surface area contributed by atoms with Gasteiger partial charge in [0.05, 0.1) is 17.5 Å². The van der Waals surface area contributed by atoms with Gasteiger partial charge in [-0.25, -0.2) is 0 Å². The summed E-state index contributed by atoms with van der Waals surface area (Å²) < 4.78 is 37.3. The Morgan fingerprint density at radius 2 is 1.86 bits per heavy atom. The number of halogens is 3. The zero-order valence-corrected chi connectivity index (χ0v) is 13.0. The minimum atomic E-state index is -4.31. The number of unbranched alkanes of at least 4 members (excludes halogenated alkanes) is 1. The van der Waals surface area contributed by atoms with Gasteiger partial charge in [0.25, 0.3) is 0 Å². The molecule has 0 aliphatic rings. The van der Waals surface area contributed by atoms with Crippen molar-refractivity contribution in [2.75, 3.05) is 5.43 Å². The van der Waals surface area contributed by atoms with E-state index in [1.807, 2.05) is 6.07 Å². The topological polar surface area (TPSA) is 24.4 Å². The van der Waals surface area contributed by atoms with Crippen LogP contribution in [-0.4, -0.2) is 6.21 Å². The molecule has 0 radical (unpaired) electrons. The maximum atomic E-state index is 12.4. The molecule has 1 aromatic heterocycles. The summed E-state index contributed by atoms with van der Waals surface area (Å²) in [7, 11) is 0. The predicted octanol–water partition coefficient (Wildman–Crippen LogP) is 5.56. The molecule has 0 aliphatic heterocycles. The number of nitrogens with zero attached hydrogens (tertiary/aromatic N) is 1. The average Bonchev–Trinajstić information content (AvgIpc) is 2.92. The molecule has 1 N–H and O–H groups in total. The second-order valence-corrected chi connectivity index (χ2v) is 6.05. The highest BCUT2D eigenvalue weighted by atomic mass is 32.1. The number of hydrogen-bond acceptors (Lipinski definition) is 3. The van der Waals surface area contributed by atoms with E-state index in [0.717, 1.165) is 29.9 Å². The highest BCUT2D eigenvalue weighted by molar-refractivity contribution is 7.13. The minimum Gasteiger partial charge on any atom is -0.278 e. The summed E-state index contributed by atoms with van der Waals surface area (Å²) in [4.78, 5) is 2.34. The Kier molecular flexibility index (Phi) is 5.60. The molecule has 118 valence electrons. The van der Waals surface area contributed by atoms with Crippen molar-refractivity contribution in [3.05, 3.63) is 51.7 Å². The number of benzene rings is 1. The van der Waals surface area contributed by atoms with Gasteiger partial charge in [0.2, 0.25) is 0 Å². The standard InChI is InChI=1S/C16H17F3N2S/c1-2-3-4-14-9-10-15(22-14)11-20-21-13-7-5-12(6-8-13)16(17,18)19/h5-11,21H,2-4H2,1H3/b20-11+. The maximum Gasteiger partial charge on any atom is 0.416 e. The van der Waals surface area contributed by atoms with Crippen LogP contribution in [0.25, 0.3) is 0 Å². The van der Waals surface area contributed by atoms with Crippen molar-refractivity contribution in [2.45, 2.75) is 32.4 Å². The van der Waals surface area contributed by atoms with E-state index in [-0.39, 0.29) is 0 Å². The summed E-state index contributed by atoms with van der Waals surface area (Å²) in [5.41, 5.74) is 2.59. The van der Waals surface area contributed by atoms with E-state index >= 15 is 0 Å². The smallest absolute Gasteiger partial charge is 0.278 e. The molecule has 0 spiro atoms. The second-order valence-electron chi connectivity index (χ2n) is 4.85. The Morgan fingerprint density at radius 3 is 2.50 bits per heavy atom. The molecule has 0 bridgehead atoms. The van der Waals surface area contributed by atoms with E-state index in [1.165, 1.54) is 23.4 Å². The third-order valence-corrected chi connectivity index (χ3v) is 4.14. The molecule has 1 aromatic carbocycles. The molecular formula is C16H17F3N2S. The average molecular weight is 326 g/mol. The van der Waals surface area contributed by atoms with Crippen molar-refractivity contribution in [1.82, 2.24) is 0 Å². The van der Waals surface area contributed by atoms with Crippen LogP contribution in [-0.2, 0) is 12.6 Å². The predicted molar refractivity (Wildman–Crippen MR) is 85.6 cm³/mol. The second kappa shape index (κ2) is 7.45. The lowest BCUT2D eigenvalue weighted by Crippen LogP contribution is -2.04. The Balaban J connectivity index is 1.90. The Bertz CT molecular complexity index is 615. The number of nitrogens with one attached hydrogen (secondary N) is 1. The molecule has 2 nitrogen and oxygen atoms in total. The van der Waals surface area contributed by atoms with Gasteiger partial charge in [0.1, 0.15) is 0 Å². The molecule has 6 heteroatoms. The van der Waals surface area contributed by atoms with E-state index in [4.69, 9.17) is 0 Å². The summed E-state index contributed by atoms with van der Waals surface area (Å²) in [5, 5.41) is 4.05. The fourth-order valence-electron chi connectivity index (χ4n) is 1.85. The largest absolute Gasteiger partial charge is 0.416 e. The van der Waals surface area contributed by atoms with E-state index in [0.29, 0.717) is 5.69 Å². The fourth-order valence-corrected chi connectivity index (χ4v) is 2.78. The molecule has 0 amide bonds. The molecule has 2 rings (SSSR count). The first-order valence-electron chi connectivity index (χ1n) is 7.04. The molecule has 0 atom stereocenters. The van der Waals surface area contributed by atoms with Crippen LogP contribution in [0.5, 0.6) is 0 Å². The molecular weight excluding hydrogens is 309 g/mol. The molecule has 0 saturated carbocycles. The van der Waals surface area contributed by atoms with Crippen LogP contribution in [0.4, 0.5) is 18.9 Å². The van der Waals surface area contributed by atoms with Crippen LogP contribution in [0.1, 0.15) is 35.1 Å². The summed E-state index contributed by atoms with van der Waals surface area (Å²) in [6, 6.07) is 8.87. The van der Waals surface area contributed by atoms with E-state index in [1.54, 1.807) is 17.6 Å². The van der Waals surface area contributed by atoms with E-state index in [2.05, 4.69) is 23.5 Å². The molecule has 2 aromatic rings. The highest BCUT2D eigenvalue weighted by Crippen LogP contribution is 2.29. The number of rotatable bonds is 6. The molecule has 1 heterocycles. The summed E-state index contributed by atoms with van der Waals surface area (Å²) >= 11 is 1.68. The van der Waals surface area contributed by atoms with Crippen molar-refractivity contribution < 1.29 is 13.2 Å². The molecule has 0 unspecified atom stereocenters. The number of hydrazone groups is 1. The number of hydrogen-bond donors (Lipinski definition) is 1. The lowest BCUT2D eigenvalue weighted by Gasteiger charge is -2.06. The van der Waals surface area contributed by atoms with Crippen LogP contribution in [0.3, 0.4) is 0 Å². The van der Waals surface area contributed by atoms with Gasteiger partial charge in [-0.15, -0.1) is 11.3 Å². The zero-order chi connectivity index (χ0) is 16.0. The Labute approximate surface area is 131 Å². The lowest BCUT2D eigenvalue weighted by atomic mass is 10.2. The number of alkyl halides is 3.